The molecule has 3 rings (SSSR count). The highest BCUT2D eigenvalue weighted by atomic mass is 16.2. The third-order valence-electron chi connectivity index (χ3n) is 6.21. The Labute approximate surface area is 179 Å². The lowest BCUT2D eigenvalue weighted by Crippen LogP contribution is -3.12. The van der Waals surface area contributed by atoms with Gasteiger partial charge in [-0.25, -0.2) is 0 Å². The van der Waals surface area contributed by atoms with Gasteiger partial charge in [0.15, 0.2) is 0 Å². The van der Waals surface area contributed by atoms with Gasteiger partial charge >= 0.3 is 0 Å². The molecular formula is C24H35N4O2+. The van der Waals surface area contributed by atoms with E-state index in [0.29, 0.717) is 13.1 Å². The summed E-state index contributed by atoms with van der Waals surface area (Å²) < 4.78 is 2.23. The zero-order valence-corrected chi connectivity index (χ0v) is 18.5. The molecule has 6 heteroatoms. The number of hydrogen-bond acceptors (Lipinski definition) is 2. The molecule has 2 aromatic rings. The van der Waals surface area contributed by atoms with Crippen LogP contribution in [0, 0.1) is 6.92 Å². The summed E-state index contributed by atoms with van der Waals surface area (Å²) in [7, 11) is 0. The average Bonchev–Trinajstić information content (AvgIpc) is 3.24. The van der Waals surface area contributed by atoms with E-state index in [2.05, 4.69) is 55.1 Å². The van der Waals surface area contributed by atoms with Gasteiger partial charge in [-0.2, -0.15) is 0 Å². The molecule has 1 aliphatic heterocycles. The SMILES string of the molecule is CC[NH+](CC)CCNC(=O)CCC(=O)N1CCn2cccc2[C@@H]1c1ccccc1C. The summed E-state index contributed by atoms with van der Waals surface area (Å²) in [5, 5.41) is 2.97. The molecule has 0 fully saturated rings. The van der Waals surface area contributed by atoms with Gasteiger partial charge in [-0.15, -0.1) is 0 Å². The Bertz CT molecular complexity index is 856. The molecule has 6 nitrogen and oxygen atoms in total. The summed E-state index contributed by atoms with van der Waals surface area (Å²) in [6.45, 7) is 11.5. The Hall–Kier alpha value is -2.60. The summed E-state index contributed by atoms with van der Waals surface area (Å²) in [6, 6.07) is 12.3. The summed E-state index contributed by atoms with van der Waals surface area (Å²) in [6.07, 6.45) is 2.56. The molecule has 1 aliphatic rings. The number of benzene rings is 1. The summed E-state index contributed by atoms with van der Waals surface area (Å²) in [5.41, 5.74) is 3.46. The van der Waals surface area contributed by atoms with Crippen molar-refractivity contribution in [3.05, 3.63) is 59.4 Å². The Morgan fingerprint density at radius 2 is 1.83 bits per heavy atom. The smallest absolute Gasteiger partial charge is 0.223 e. The lowest BCUT2D eigenvalue weighted by atomic mass is 9.95. The molecule has 2 amide bonds. The number of hydrogen-bond donors (Lipinski definition) is 2. The van der Waals surface area contributed by atoms with E-state index in [4.69, 9.17) is 0 Å². The zero-order chi connectivity index (χ0) is 21.5. The molecule has 0 saturated carbocycles. The van der Waals surface area contributed by atoms with Crippen LogP contribution in [-0.2, 0) is 16.1 Å². The molecule has 162 valence electrons. The van der Waals surface area contributed by atoms with E-state index < -0.39 is 0 Å². The Morgan fingerprint density at radius 1 is 1.07 bits per heavy atom. The van der Waals surface area contributed by atoms with E-state index in [1.807, 2.05) is 23.1 Å². The third-order valence-corrected chi connectivity index (χ3v) is 6.21. The first-order valence-corrected chi connectivity index (χ1v) is 11.1. The number of nitrogens with one attached hydrogen (secondary N) is 2. The highest BCUT2D eigenvalue weighted by molar-refractivity contribution is 5.84. The van der Waals surface area contributed by atoms with Gasteiger partial charge in [0.1, 0.15) is 0 Å². The fourth-order valence-corrected chi connectivity index (χ4v) is 4.31. The van der Waals surface area contributed by atoms with Gasteiger partial charge in [0.2, 0.25) is 11.8 Å². The fraction of sp³-hybridized carbons (Fsp3) is 0.500. The molecule has 0 unspecified atom stereocenters. The molecule has 0 spiro atoms. The van der Waals surface area contributed by atoms with Gasteiger partial charge < -0.3 is 19.7 Å². The van der Waals surface area contributed by atoms with Crippen molar-refractivity contribution < 1.29 is 14.5 Å². The maximum absolute atomic E-state index is 13.1. The molecule has 1 atom stereocenters. The number of quaternary nitrogens is 1. The quantitative estimate of drug-likeness (QED) is 0.658. The minimum atomic E-state index is -0.100. The van der Waals surface area contributed by atoms with E-state index in [-0.39, 0.29) is 30.7 Å². The molecule has 2 N–H and O–H groups in total. The minimum Gasteiger partial charge on any atom is -0.350 e. The highest BCUT2D eigenvalue weighted by Gasteiger charge is 2.32. The van der Waals surface area contributed by atoms with E-state index in [1.165, 1.54) is 10.5 Å². The van der Waals surface area contributed by atoms with Crippen molar-refractivity contribution in [1.82, 2.24) is 14.8 Å². The van der Waals surface area contributed by atoms with Crippen molar-refractivity contribution >= 4 is 11.8 Å². The topological polar surface area (TPSA) is 58.8 Å². The second-order valence-electron chi connectivity index (χ2n) is 8.03. The largest absolute Gasteiger partial charge is 0.350 e. The number of aryl methyl sites for hydroxylation is 1. The van der Waals surface area contributed by atoms with Crippen molar-refractivity contribution in [3.63, 3.8) is 0 Å². The lowest BCUT2D eigenvalue weighted by molar-refractivity contribution is -0.895. The van der Waals surface area contributed by atoms with Crippen LogP contribution in [0.2, 0.25) is 0 Å². The molecule has 2 heterocycles. The molecule has 0 aliphatic carbocycles. The van der Waals surface area contributed by atoms with Crippen molar-refractivity contribution in [1.29, 1.82) is 0 Å². The summed E-state index contributed by atoms with van der Waals surface area (Å²) in [4.78, 5) is 28.8. The van der Waals surface area contributed by atoms with Gasteiger partial charge in [0.05, 0.1) is 32.2 Å². The molecule has 0 radical (unpaired) electrons. The van der Waals surface area contributed by atoms with Crippen LogP contribution in [0.1, 0.15) is 49.6 Å². The highest BCUT2D eigenvalue weighted by Crippen LogP contribution is 2.34. The van der Waals surface area contributed by atoms with Crippen LogP contribution < -0.4 is 10.2 Å². The molecule has 1 aromatic heterocycles. The van der Waals surface area contributed by atoms with Crippen LogP contribution in [-0.4, -0.2) is 54.0 Å². The molecule has 1 aromatic carbocycles. The molecule has 0 saturated heterocycles. The van der Waals surface area contributed by atoms with E-state index in [1.54, 1.807) is 0 Å². The lowest BCUT2D eigenvalue weighted by Gasteiger charge is -2.38. The Balaban J connectivity index is 1.63. The second kappa shape index (κ2) is 10.4. The standard InChI is InChI=1S/C24H34N4O2/c1-4-26(5-2)16-14-25-22(29)12-13-23(30)28-18-17-27-15-8-11-21(27)24(28)20-10-7-6-9-19(20)3/h6-11,15,24H,4-5,12-14,16-18H2,1-3H3,(H,25,29)/p+1/t24-/m0/s1. The Morgan fingerprint density at radius 3 is 2.57 bits per heavy atom. The third kappa shape index (κ3) is 5.11. The maximum Gasteiger partial charge on any atom is 0.223 e. The molecular weight excluding hydrogens is 376 g/mol. The van der Waals surface area contributed by atoms with Crippen LogP contribution in [0.25, 0.3) is 0 Å². The number of fused-ring (bicyclic) bond motifs is 1. The number of rotatable bonds is 9. The first kappa shape index (κ1) is 22.1. The van der Waals surface area contributed by atoms with E-state index in [0.717, 1.165) is 37.4 Å². The number of carbonyl (C=O) groups is 2. The minimum absolute atomic E-state index is 0.0391. The number of nitrogens with zero attached hydrogens (tertiary/aromatic N) is 2. The molecule has 30 heavy (non-hydrogen) atoms. The summed E-state index contributed by atoms with van der Waals surface area (Å²) >= 11 is 0. The monoisotopic (exact) mass is 411 g/mol. The number of amides is 2. The van der Waals surface area contributed by atoms with Gasteiger partial charge in [-0.3, -0.25) is 9.59 Å². The average molecular weight is 412 g/mol. The predicted octanol–water partition coefficient (Wildman–Crippen LogP) is 1.55. The normalized spacial score (nSPS) is 15.9. The first-order valence-electron chi connectivity index (χ1n) is 11.1. The van der Waals surface area contributed by atoms with Crippen LogP contribution in [0.3, 0.4) is 0 Å². The zero-order valence-electron chi connectivity index (χ0n) is 18.5. The number of likely N-dealkylation sites (N-methyl/N-ethyl adjacent to an activating group) is 1. The Kier molecular flexibility index (Phi) is 7.69. The molecule has 0 bridgehead atoms. The van der Waals surface area contributed by atoms with Crippen molar-refractivity contribution in [2.45, 2.75) is 46.2 Å². The van der Waals surface area contributed by atoms with Gasteiger partial charge in [0.25, 0.3) is 0 Å². The number of aromatic nitrogens is 1. The van der Waals surface area contributed by atoms with Crippen molar-refractivity contribution in [2.75, 3.05) is 32.7 Å². The van der Waals surface area contributed by atoms with Crippen LogP contribution in [0.5, 0.6) is 0 Å². The van der Waals surface area contributed by atoms with Gasteiger partial charge in [0, 0.05) is 37.8 Å². The van der Waals surface area contributed by atoms with Gasteiger partial charge in [-0.1, -0.05) is 24.3 Å². The van der Waals surface area contributed by atoms with Crippen LogP contribution in [0.4, 0.5) is 0 Å². The fourth-order valence-electron chi connectivity index (χ4n) is 4.31. The predicted molar refractivity (Wildman–Crippen MR) is 118 cm³/mol. The van der Waals surface area contributed by atoms with Crippen LogP contribution >= 0.6 is 0 Å². The first-order chi connectivity index (χ1) is 14.5. The maximum atomic E-state index is 13.1. The van der Waals surface area contributed by atoms with E-state index in [9.17, 15) is 9.59 Å². The number of carbonyl (C=O) groups excluding carboxylic acids is 2. The van der Waals surface area contributed by atoms with E-state index >= 15 is 0 Å². The second-order valence-corrected chi connectivity index (χ2v) is 8.03. The van der Waals surface area contributed by atoms with Gasteiger partial charge in [-0.05, 0) is 44.0 Å². The summed E-state index contributed by atoms with van der Waals surface area (Å²) in [5.74, 6) is 0.00273. The van der Waals surface area contributed by atoms with Crippen molar-refractivity contribution in [3.8, 4) is 0 Å². The van der Waals surface area contributed by atoms with Crippen molar-refractivity contribution in [2.24, 2.45) is 0 Å². The van der Waals surface area contributed by atoms with Crippen LogP contribution in [0.15, 0.2) is 42.6 Å².